The number of thiophene rings is 1. The van der Waals surface area contributed by atoms with Crippen LogP contribution in [0.25, 0.3) is 10.9 Å². The van der Waals surface area contributed by atoms with Gasteiger partial charge in [-0.05, 0) is 64.7 Å². The highest BCUT2D eigenvalue weighted by Crippen LogP contribution is 2.20. The molecule has 3 heteroatoms. The van der Waals surface area contributed by atoms with Gasteiger partial charge in [0, 0.05) is 24.3 Å². The monoisotopic (exact) mass is 298 g/mol. The Kier molecular flexibility index (Phi) is 4.42. The van der Waals surface area contributed by atoms with Crippen molar-refractivity contribution in [3.8, 4) is 0 Å². The van der Waals surface area contributed by atoms with E-state index in [-0.39, 0.29) is 6.04 Å². The van der Waals surface area contributed by atoms with Crippen molar-refractivity contribution in [1.29, 1.82) is 0 Å². The van der Waals surface area contributed by atoms with Gasteiger partial charge >= 0.3 is 0 Å². The molecular formula is C18H22N2S. The standard InChI is InChI=1S/C18H22N2S/c1-2-17(19)11-15-3-4-16-6-9-20(18(16)12-15)8-5-14-7-10-21-13-14/h3-4,6-7,9-10,12-13,17H,2,5,8,11,19H2,1H3. The number of fused-ring (bicyclic) bond motifs is 1. The molecule has 3 rings (SSSR count). The van der Waals surface area contributed by atoms with Crippen LogP contribution in [-0.4, -0.2) is 10.6 Å². The van der Waals surface area contributed by atoms with Crippen molar-refractivity contribution in [3.63, 3.8) is 0 Å². The Labute approximate surface area is 130 Å². The second kappa shape index (κ2) is 6.46. The molecule has 0 aliphatic carbocycles. The third-order valence-electron chi connectivity index (χ3n) is 4.08. The maximum atomic E-state index is 6.08. The SMILES string of the molecule is CCC(N)Cc1ccc2ccn(CCc3ccsc3)c2c1. The largest absolute Gasteiger partial charge is 0.347 e. The van der Waals surface area contributed by atoms with Crippen molar-refractivity contribution in [1.82, 2.24) is 4.57 Å². The van der Waals surface area contributed by atoms with Crippen molar-refractivity contribution in [2.45, 2.75) is 38.8 Å². The van der Waals surface area contributed by atoms with Crippen molar-refractivity contribution < 1.29 is 0 Å². The second-order valence-electron chi connectivity index (χ2n) is 5.66. The number of aromatic nitrogens is 1. The molecule has 0 amide bonds. The summed E-state index contributed by atoms with van der Waals surface area (Å²) in [6.45, 7) is 3.18. The van der Waals surface area contributed by atoms with Crippen LogP contribution in [0.5, 0.6) is 0 Å². The minimum atomic E-state index is 0.261. The van der Waals surface area contributed by atoms with Gasteiger partial charge in [0.25, 0.3) is 0 Å². The Balaban J connectivity index is 1.80. The maximum absolute atomic E-state index is 6.08. The zero-order valence-corrected chi connectivity index (χ0v) is 13.3. The average Bonchev–Trinajstić information content (AvgIpc) is 3.14. The molecule has 2 N–H and O–H groups in total. The topological polar surface area (TPSA) is 30.9 Å². The highest BCUT2D eigenvalue weighted by Gasteiger charge is 2.06. The first-order valence-corrected chi connectivity index (χ1v) is 8.55. The minimum absolute atomic E-state index is 0.261. The van der Waals surface area contributed by atoms with E-state index < -0.39 is 0 Å². The predicted molar refractivity (Wildman–Crippen MR) is 91.9 cm³/mol. The lowest BCUT2D eigenvalue weighted by Gasteiger charge is -2.10. The third kappa shape index (κ3) is 3.36. The fourth-order valence-electron chi connectivity index (χ4n) is 2.68. The number of nitrogens with zero attached hydrogens (tertiary/aromatic N) is 1. The molecule has 110 valence electrons. The van der Waals surface area contributed by atoms with Crippen LogP contribution < -0.4 is 5.73 Å². The lowest BCUT2D eigenvalue weighted by atomic mass is 10.0. The molecule has 0 aliphatic rings. The van der Waals surface area contributed by atoms with E-state index in [1.807, 2.05) is 0 Å². The van der Waals surface area contributed by atoms with Crippen LogP contribution in [0.15, 0.2) is 47.3 Å². The van der Waals surface area contributed by atoms with Crippen LogP contribution in [0.4, 0.5) is 0 Å². The molecule has 0 radical (unpaired) electrons. The van der Waals surface area contributed by atoms with Gasteiger partial charge in [0.2, 0.25) is 0 Å². The summed E-state index contributed by atoms with van der Waals surface area (Å²) >= 11 is 1.77. The summed E-state index contributed by atoms with van der Waals surface area (Å²) in [5.74, 6) is 0. The molecular weight excluding hydrogens is 276 g/mol. The van der Waals surface area contributed by atoms with E-state index in [2.05, 4.69) is 58.8 Å². The first kappa shape index (κ1) is 14.4. The molecule has 1 unspecified atom stereocenters. The Hall–Kier alpha value is -1.58. The van der Waals surface area contributed by atoms with Gasteiger partial charge < -0.3 is 10.3 Å². The van der Waals surface area contributed by atoms with Crippen LogP contribution >= 0.6 is 11.3 Å². The summed E-state index contributed by atoms with van der Waals surface area (Å²) in [5.41, 5.74) is 10.2. The molecule has 1 atom stereocenters. The second-order valence-corrected chi connectivity index (χ2v) is 6.44. The summed E-state index contributed by atoms with van der Waals surface area (Å²) in [6.07, 6.45) is 5.27. The first-order valence-electron chi connectivity index (χ1n) is 7.60. The Morgan fingerprint density at radius 1 is 1.19 bits per heavy atom. The average molecular weight is 298 g/mol. The number of hydrogen-bond acceptors (Lipinski definition) is 2. The number of benzene rings is 1. The third-order valence-corrected chi connectivity index (χ3v) is 4.81. The molecule has 0 spiro atoms. The van der Waals surface area contributed by atoms with Crippen LogP contribution in [0.1, 0.15) is 24.5 Å². The van der Waals surface area contributed by atoms with E-state index in [1.165, 1.54) is 22.0 Å². The van der Waals surface area contributed by atoms with E-state index >= 15 is 0 Å². The summed E-state index contributed by atoms with van der Waals surface area (Å²) in [7, 11) is 0. The normalized spacial score (nSPS) is 12.9. The van der Waals surface area contributed by atoms with Gasteiger partial charge in [0.15, 0.2) is 0 Å². The molecule has 0 aliphatic heterocycles. The minimum Gasteiger partial charge on any atom is -0.347 e. The molecule has 0 saturated carbocycles. The number of aryl methyl sites for hydroxylation is 2. The van der Waals surface area contributed by atoms with Gasteiger partial charge in [-0.3, -0.25) is 0 Å². The van der Waals surface area contributed by atoms with Crippen LogP contribution in [-0.2, 0) is 19.4 Å². The van der Waals surface area contributed by atoms with Gasteiger partial charge in [0.1, 0.15) is 0 Å². The summed E-state index contributed by atoms with van der Waals surface area (Å²) in [4.78, 5) is 0. The molecule has 21 heavy (non-hydrogen) atoms. The van der Waals surface area contributed by atoms with Crippen molar-refractivity contribution in [3.05, 3.63) is 58.4 Å². The van der Waals surface area contributed by atoms with Crippen molar-refractivity contribution >= 4 is 22.2 Å². The fraction of sp³-hybridized carbons (Fsp3) is 0.333. The molecule has 1 aromatic carbocycles. The van der Waals surface area contributed by atoms with E-state index in [0.717, 1.165) is 25.8 Å². The molecule has 2 heterocycles. The van der Waals surface area contributed by atoms with Crippen LogP contribution in [0.3, 0.4) is 0 Å². The van der Waals surface area contributed by atoms with E-state index in [0.29, 0.717) is 0 Å². The van der Waals surface area contributed by atoms with Crippen LogP contribution in [0, 0.1) is 0 Å². The molecule has 2 aromatic heterocycles. The first-order chi connectivity index (χ1) is 10.3. The molecule has 0 saturated heterocycles. The van der Waals surface area contributed by atoms with Crippen molar-refractivity contribution in [2.75, 3.05) is 0 Å². The molecule has 3 aromatic rings. The molecule has 0 fully saturated rings. The van der Waals surface area contributed by atoms with Gasteiger partial charge in [-0.25, -0.2) is 0 Å². The van der Waals surface area contributed by atoms with E-state index in [4.69, 9.17) is 5.73 Å². The van der Waals surface area contributed by atoms with Gasteiger partial charge in [-0.2, -0.15) is 11.3 Å². The number of rotatable bonds is 6. The zero-order valence-electron chi connectivity index (χ0n) is 12.5. The zero-order chi connectivity index (χ0) is 14.7. The summed E-state index contributed by atoms with van der Waals surface area (Å²) in [5, 5.41) is 5.69. The molecule has 2 nitrogen and oxygen atoms in total. The predicted octanol–water partition coefficient (Wildman–Crippen LogP) is 4.23. The number of hydrogen-bond donors (Lipinski definition) is 1. The van der Waals surface area contributed by atoms with E-state index in [9.17, 15) is 0 Å². The van der Waals surface area contributed by atoms with Crippen LogP contribution in [0.2, 0.25) is 0 Å². The Morgan fingerprint density at radius 3 is 2.86 bits per heavy atom. The summed E-state index contributed by atoms with van der Waals surface area (Å²) < 4.78 is 2.36. The highest BCUT2D eigenvalue weighted by atomic mass is 32.1. The highest BCUT2D eigenvalue weighted by molar-refractivity contribution is 7.07. The maximum Gasteiger partial charge on any atom is 0.0483 e. The fourth-order valence-corrected chi connectivity index (χ4v) is 3.39. The Morgan fingerprint density at radius 2 is 2.10 bits per heavy atom. The quantitative estimate of drug-likeness (QED) is 0.725. The lowest BCUT2D eigenvalue weighted by Crippen LogP contribution is -2.21. The van der Waals surface area contributed by atoms with Gasteiger partial charge in [-0.1, -0.05) is 19.1 Å². The van der Waals surface area contributed by atoms with Gasteiger partial charge in [-0.15, -0.1) is 0 Å². The Bertz CT molecular complexity index is 697. The smallest absolute Gasteiger partial charge is 0.0483 e. The van der Waals surface area contributed by atoms with E-state index in [1.54, 1.807) is 11.3 Å². The van der Waals surface area contributed by atoms with Crippen molar-refractivity contribution in [2.24, 2.45) is 5.73 Å². The molecule has 0 bridgehead atoms. The van der Waals surface area contributed by atoms with Gasteiger partial charge in [0.05, 0.1) is 0 Å². The number of nitrogens with two attached hydrogens (primary N) is 1. The lowest BCUT2D eigenvalue weighted by molar-refractivity contribution is 0.646. The summed E-state index contributed by atoms with van der Waals surface area (Å²) in [6, 6.07) is 11.4.